The second-order valence-corrected chi connectivity index (χ2v) is 6.72. The van der Waals surface area contributed by atoms with Gasteiger partial charge >= 0.3 is 0 Å². The highest BCUT2D eigenvalue weighted by Gasteiger charge is 2.14. The molecule has 27 heavy (non-hydrogen) atoms. The van der Waals surface area contributed by atoms with Crippen molar-refractivity contribution in [2.24, 2.45) is 0 Å². The number of halogens is 1. The Labute approximate surface area is 163 Å². The lowest BCUT2D eigenvalue weighted by molar-refractivity contribution is 0.102. The summed E-state index contributed by atoms with van der Waals surface area (Å²) in [5.41, 5.74) is 2.11. The molecular formula is C20H15BrN4O2. The van der Waals surface area contributed by atoms with Crippen LogP contribution in [0.15, 0.2) is 77.5 Å². The third-order valence-electron chi connectivity index (χ3n) is 3.95. The molecule has 0 saturated carbocycles. The number of carbonyl (C=O) groups excluding carboxylic acids is 1. The van der Waals surface area contributed by atoms with E-state index in [0.29, 0.717) is 29.4 Å². The van der Waals surface area contributed by atoms with E-state index in [1.807, 2.05) is 30.3 Å². The van der Waals surface area contributed by atoms with E-state index in [2.05, 4.69) is 31.3 Å². The predicted molar refractivity (Wildman–Crippen MR) is 106 cm³/mol. The molecule has 1 N–H and O–H groups in total. The molecule has 0 radical (unpaired) electrons. The predicted octanol–water partition coefficient (Wildman–Crippen LogP) is 4.32. The van der Waals surface area contributed by atoms with Crippen LogP contribution in [0.5, 0.6) is 5.75 Å². The van der Waals surface area contributed by atoms with Gasteiger partial charge in [-0.1, -0.05) is 40.2 Å². The van der Waals surface area contributed by atoms with Crippen LogP contribution < -0.4 is 10.1 Å². The summed E-state index contributed by atoms with van der Waals surface area (Å²) in [6.45, 7) is 0.363. The Kier molecular flexibility index (Phi) is 4.84. The van der Waals surface area contributed by atoms with Crippen LogP contribution in [-0.2, 0) is 6.61 Å². The molecule has 0 fully saturated rings. The Balaban J connectivity index is 1.55. The van der Waals surface area contributed by atoms with Gasteiger partial charge in [-0.3, -0.25) is 4.79 Å². The monoisotopic (exact) mass is 422 g/mol. The van der Waals surface area contributed by atoms with Gasteiger partial charge < -0.3 is 10.1 Å². The molecule has 0 atom stereocenters. The van der Waals surface area contributed by atoms with Crippen molar-refractivity contribution in [3.05, 3.63) is 88.7 Å². The first-order valence-corrected chi connectivity index (χ1v) is 9.06. The minimum absolute atomic E-state index is 0.275. The maximum atomic E-state index is 12.8. The van der Waals surface area contributed by atoms with Crippen LogP contribution in [0.4, 0.5) is 5.82 Å². The van der Waals surface area contributed by atoms with E-state index >= 15 is 0 Å². The highest BCUT2D eigenvalue weighted by molar-refractivity contribution is 9.10. The number of ether oxygens (including phenoxy) is 1. The summed E-state index contributed by atoms with van der Waals surface area (Å²) in [4.78, 5) is 17.0. The molecule has 1 amide bonds. The molecule has 4 rings (SSSR count). The number of hydrogen-bond acceptors (Lipinski definition) is 4. The summed E-state index contributed by atoms with van der Waals surface area (Å²) < 4.78 is 8.45. The second kappa shape index (κ2) is 7.59. The number of hydrogen-bond donors (Lipinski definition) is 1. The number of fused-ring (bicyclic) bond motifs is 1. The van der Waals surface area contributed by atoms with Crippen LogP contribution in [0.25, 0.3) is 5.65 Å². The molecule has 134 valence electrons. The zero-order valence-corrected chi connectivity index (χ0v) is 15.8. The lowest BCUT2D eigenvalue weighted by atomic mass is 10.2. The van der Waals surface area contributed by atoms with Crippen molar-refractivity contribution in [1.82, 2.24) is 14.6 Å². The van der Waals surface area contributed by atoms with Gasteiger partial charge in [0.1, 0.15) is 18.2 Å². The third kappa shape index (κ3) is 3.83. The van der Waals surface area contributed by atoms with Crippen molar-refractivity contribution in [2.75, 3.05) is 5.32 Å². The first kappa shape index (κ1) is 17.2. The Morgan fingerprint density at radius 3 is 2.85 bits per heavy atom. The van der Waals surface area contributed by atoms with Gasteiger partial charge in [0.05, 0.1) is 11.8 Å². The summed E-state index contributed by atoms with van der Waals surface area (Å²) in [7, 11) is 0. The molecule has 0 spiro atoms. The topological polar surface area (TPSA) is 68.5 Å². The lowest BCUT2D eigenvalue weighted by Gasteiger charge is -2.12. The zero-order valence-electron chi connectivity index (χ0n) is 14.2. The molecule has 0 aliphatic rings. The maximum Gasteiger partial charge on any atom is 0.260 e. The van der Waals surface area contributed by atoms with E-state index in [9.17, 15) is 4.79 Å². The summed E-state index contributed by atoms with van der Waals surface area (Å²) in [6.07, 6.45) is 3.26. The van der Waals surface area contributed by atoms with Gasteiger partial charge in [-0.05, 0) is 35.9 Å². The smallest absolute Gasteiger partial charge is 0.260 e. The van der Waals surface area contributed by atoms with E-state index < -0.39 is 0 Å². The van der Waals surface area contributed by atoms with E-state index in [-0.39, 0.29) is 5.91 Å². The van der Waals surface area contributed by atoms with Crippen LogP contribution in [-0.4, -0.2) is 20.5 Å². The fourth-order valence-corrected chi connectivity index (χ4v) is 3.13. The van der Waals surface area contributed by atoms with Crippen LogP contribution in [0.2, 0.25) is 0 Å². The zero-order chi connectivity index (χ0) is 18.6. The molecule has 7 heteroatoms. The number of anilines is 1. The fraction of sp³-hybridized carbons (Fsp3) is 0.0500. The second-order valence-electron chi connectivity index (χ2n) is 5.80. The Bertz CT molecular complexity index is 1110. The van der Waals surface area contributed by atoms with Crippen molar-refractivity contribution < 1.29 is 9.53 Å². The molecule has 0 bridgehead atoms. The Morgan fingerprint density at radius 1 is 1.07 bits per heavy atom. The molecule has 2 aromatic heterocycles. The van der Waals surface area contributed by atoms with Crippen LogP contribution in [0.3, 0.4) is 0 Å². The van der Waals surface area contributed by atoms with Crippen LogP contribution >= 0.6 is 15.9 Å². The molecule has 2 aromatic carbocycles. The number of nitrogens with zero attached hydrogens (tertiary/aromatic N) is 3. The molecular weight excluding hydrogens is 408 g/mol. The van der Waals surface area contributed by atoms with Crippen LogP contribution in [0, 0.1) is 0 Å². The summed E-state index contributed by atoms with van der Waals surface area (Å²) in [6, 6.07) is 18.5. The summed E-state index contributed by atoms with van der Waals surface area (Å²) in [5.74, 6) is 0.778. The first-order chi connectivity index (χ1) is 13.2. The number of aromatic nitrogens is 3. The average Bonchev–Trinajstić information content (AvgIpc) is 3.16. The number of benzene rings is 2. The van der Waals surface area contributed by atoms with Crippen LogP contribution in [0.1, 0.15) is 15.9 Å². The Hall–Kier alpha value is -3.19. The SMILES string of the molecule is O=C(Nc1ccnc2ccnn12)c1ccccc1OCc1cccc(Br)c1. The number of amides is 1. The van der Waals surface area contributed by atoms with Crippen molar-refractivity contribution in [3.8, 4) is 5.75 Å². The van der Waals surface area contributed by atoms with Gasteiger partial charge in [-0.2, -0.15) is 9.61 Å². The molecule has 0 unspecified atom stereocenters. The van der Waals surface area contributed by atoms with E-state index in [0.717, 1.165) is 10.0 Å². The minimum Gasteiger partial charge on any atom is -0.488 e. The number of nitrogens with one attached hydrogen (secondary N) is 1. The highest BCUT2D eigenvalue weighted by Crippen LogP contribution is 2.22. The maximum absolute atomic E-state index is 12.8. The van der Waals surface area contributed by atoms with Gasteiger partial charge in [-0.25, -0.2) is 4.98 Å². The molecule has 0 aliphatic carbocycles. The minimum atomic E-state index is -0.275. The van der Waals surface area contributed by atoms with Crippen molar-refractivity contribution >= 4 is 33.3 Å². The molecule has 4 aromatic rings. The summed E-state index contributed by atoms with van der Waals surface area (Å²) in [5, 5.41) is 7.04. The number of para-hydroxylation sites is 1. The first-order valence-electron chi connectivity index (χ1n) is 8.27. The van der Waals surface area contributed by atoms with Crippen molar-refractivity contribution in [3.63, 3.8) is 0 Å². The van der Waals surface area contributed by atoms with E-state index in [1.165, 1.54) is 0 Å². The highest BCUT2D eigenvalue weighted by atomic mass is 79.9. The number of rotatable bonds is 5. The van der Waals surface area contributed by atoms with Crippen molar-refractivity contribution in [1.29, 1.82) is 0 Å². The standard InChI is InChI=1S/C20H15BrN4O2/c21-15-5-3-4-14(12-15)13-27-17-7-2-1-6-16(17)20(26)24-19-8-10-22-18-9-11-23-25(18)19/h1-12H,13H2,(H,24,26). The molecule has 0 saturated heterocycles. The van der Waals surface area contributed by atoms with Crippen molar-refractivity contribution in [2.45, 2.75) is 6.61 Å². The fourth-order valence-electron chi connectivity index (χ4n) is 2.68. The van der Waals surface area contributed by atoms with Gasteiger partial charge in [0.25, 0.3) is 5.91 Å². The van der Waals surface area contributed by atoms with Gasteiger partial charge in [0.15, 0.2) is 5.65 Å². The number of carbonyl (C=O) groups is 1. The molecule has 2 heterocycles. The molecule has 6 nitrogen and oxygen atoms in total. The van der Waals surface area contributed by atoms with Gasteiger partial charge in [0.2, 0.25) is 0 Å². The van der Waals surface area contributed by atoms with Gasteiger partial charge in [0, 0.05) is 16.7 Å². The third-order valence-corrected chi connectivity index (χ3v) is 4.44. The lowest BCUT2D eigenvalue weighted by Crippen LogP contribution is -2.16. The Morgan fingerprint density at radius 2 is 1.96 bits per heavy atom. The van der Waals surface area contributed by atoms with E-state index in [1.54, 1.807) is 47.2 Å². The quantitative estimate of drug-likeness (QED) is 0.519. The normalized spacial score (nSPS) is 10.7. The largest absolute Gasteiger partial charge is 0.488 e. The van der Waals surface area contributed by atoms with Gasteiger partial charge in [-0.15, -0.1) is 0 Å². The summed E-state index contributed by atoms with van der Waals surface area (Å²) >= 11 is 3.45. The average molecular weight is 423 g/mol. The van der Waals surface area contributed by atoms with E-state index in [4.69, 9.17) is 4.74 Å². The molecule has 0 aliphatic heterocycles.